The average molecular weight is 253 g/mol. The molecule has 0 saturated heterocycles. The highest BCUT2D eigenvalue weighted by molar-refractivity contribution is 7.99. The van der Waals surface area contributed by atoms with Gasteiger partial charge in [0.25, 0.3) is 0 Å². The van der Waals surface area contributed by atoms with Crippen molar-refractivity contribution in [2.24, 2.45) is 5.73 Å². The molecule has 0 atom stereocenters. The summed E-state index contributed by atoms with van der Waals surface area (Å²) < 4.78 is 0. The summed E-state index contributed by atoms with van der Waals surface area (Å²) >= 11 is 1.74. The summed E-state index contributed by atoms with van der Waals surface area (Å²) in [6.07, 6.45) is 0. The minimum atomic E-state index is 0.587. The molecule has 0 saturated carbocycles. The van der Waals surface area contributed by atoms with Crippen LogP contribution in [0.4, 0.5) is 0 Å². The highest BCUT2D eigenvalue weighted by atomic mass is 32.2. The third kappa shape index (κ3) is 3.96. The van der Waals surface area contributed by atoms with Crippen LogP contribution in [0.15, 0.2) is 59.5 Å². The van der Waals surface area contributed by atoms with Gasteiger partial charge in [0.05, 0.1) is 5.75 Å². The highest BCUT2D eigenvalue weighted by Crippen LogP contribution is 2.18. The Labute approximate surface area is 112 Å². The second-order valence-corrected chi connectivity index (χ2v) is 4.86. The molecule has 0 heterocycles. The molecule has 2 aromatic rings. The van der Waals surface area contributed by atoms with Crippen LogP contribution in [0.25, 0.3) is 0 Å². The lowest BCUT2D eigenvalue weighted by Gasteiger charge is -2.00. The predicted molar refractivity (Wildman–Crippen MR) is 78.4 cm³/mol. The largest absolute Gasteiger partial charge is 0.326 e. The lowest BCUT2D eigenvalue weighted by molar-refractivity contribution is 1.06. The van der Waals surface area contributed by atoms with Gasteiger partial charge in [-0.2, -0.15) is 0 Å². The minimum absolute atomic E-state index is 0.587. The maximum Gasteiger partial charge on any atom is 0.0598 e. The fraction of sp³-hybridized carbons (Fsp3) is 0.125. The summed E-state index contributed by atoms with van der Waals surface area (Å²) in [4.78, 5) is 1.22. The maximum absolute atomic E-state index is 5.61. The normalized spacial score (nSPS) is 9.61. The average Bonchev–Trinajstić information content (AvgIpc) is 2.45. The third-order valence-electron chi connectivity index (χ3n) is 2.45. The Balaban J connectivity index is 1.91. The van der Waals surface area contributed by atoms with Gasteiger partial charge in [-0.15, -0.1) is 11.8 Å². The van der Waals surface area contributed by atoms with Gasteiger partial charge in [0.2, 0.25) is 0 Å². The number of hydrogen-bond donors (Lipinski definition) is 1. The first kappa shape index (κ1) is 12.8. The lowest BCUT2D eigenvalue weighted by atomic mass is 10.2. The Morgan fingerprint density at radius 3 is 2.61 bits per heavy atom. The molecule has 0 bridgehead atoms. The van der Waals surface area contributed by atoms with E-state index >= 15 is 0 Å². The molecule has 1 nitrogen and oxygen atoms in total. The molecule has 0 fully saturated rings. The van der Waals surface area contributed by atoms with Crippen molar-refractivity contribution in [1.82, 2.24) is 0 Å². The van der Waals surface area contributed by atoms with Crippen LogP contribution in [0.1, 0.15) is 11.1 Å². The Kier molecular flexibility index (Phi) is 4.89. The van der Waals surface area contributed by atoms with Gasteiger partial charge in [-0.3, -0.25) is 0 Å². The standard InChI is InChI=1S/C16H15NS/c17-13-15-8-4-10-16(12-15)18-11-5-9-14-6-2-1-3-7-14/h1-4,6-8,10,12H,11,13,17H2. The molecule has 2 rings (SSSR count). The van der Waals surface area contributed by atoms with Crippen molar-refractivity contribution >= 4 is 11.8 Å². The van der Waals surface area contributed by atoms with Crippen LogP contribution in [0.5, 0.6) is 0 Å². The van der Waals surface area contributed by atoms with Crippen molar-refractivity contribution in [3.8, 4) is 11.8 Å². The van der Waals surface area contributed by atoms with E-state index in [0.717, 1.165) is 16.9 Å². The molecule has 0 aliphatic rings. The van der Waals surface area contributed by atoms with Crippen LogP contribution in [0.3, 0.4) is 0 Å². The zero-order chi connectivity index (χ0) is 12.6. The molecule has 0 radical (unpaired) electrons. The number of nitrogens with two attached hydrogens (primary N) is 1. The molecule has 0 unspecified atom stereocenters. The van der Waals surface area contributed by atoms with E-state index in [-0.39, 0.29) is 0 Å². The number of benzene rings is 2. The molecule has 0 aliphatic heterocycles. The van der Waals surface area contributed by atoms with E-state index in [9.17, 15) is 0 Å². The van der Waals surface area contributed by atoms with E-state index in [0.29, 0.717) is 6.54 Å². The van der Waals surface area contributed by atoms with E-state index in [2.05, 4.69) is 24.0 Å². The monoisotopic (exact) mass is 253 g/mol. The van der Waals surface area contributed by atoms with Crippen LogP contribution >= 0.6 is 11.8 Å². The third-order valence-corrected chi connectivity index (χ3v) is 3.33. The molecular weight excluding hydrogens is 238 g/mol. The molecule has 2 heteroatoms. The molecule has 0 aromatic heterocycles. The van der Waals surface area contributed by atoms with Crippen LogP contribution in [-0.4, -0.2) is 5.75 Å². The summed E-state index contributed by atoms with van der Waals surface area (Å²) in [5.74, 6) is 7.11. The molecule has 2 aromatic carbocycles. The van der Waals surface area contributed by atoms with Crippen molar-refractivity contribution in [1.29, 1.82) is 0 Å². The summed E-state index contributed by atoms with van der Waals surface area (Å²) in [6, 6.07) is 18.3. The van der Waals surface area contributed by atoms with E-state index in [1.807, 2.05) is 42.5 Å². The lowest BCUT2D eigenvalue weighted by Crippen LogP contribution is -1.95. The Morgan fingerprint density at radius 1 is 1.00 bits per heavy atom. The predicted octanol–water partition coefficient (Wildman–Crippen LogP) is 3.29. The molecule has 0 amide bonds. The Bertz CT molecular complexity index is 552. The van der Waals surface area contributed by atoms with E-state index in [1.165, 1.54) is 4.90 Å². The van der Waals surface area contributed by atoms with Crippen LogP contribution in [-0.2, 0) is 6.54 Å². The molecular formula is C16H15NS. The molecule has 0 aliphatic carbocycles. The van der Waals surface area contributed by atoms with Gasteiger partial charge in [-0.1, -0.05) is 42.2 Å². The Morgan fingerprint density at radius 2 is 1.83 bits per heavy atom. The van der Waals surface area contributed by atoms with Crippen molar-refractivity contribution < 1.29 is 0 Å². The second kappa shape index (κ2) is 6.90. The second-order valence-electron chi connectivity index (χ2n) is 3.81. The highest BCUT2D eigenvalue weighted by Gasteiger charge is 1.93. The summed E-state index contributed by atoms with van der Waals surface area (Å²) in [5, 5.41) is 0. The number of hydrogen-bond acceptors (Lipinski definition) is 2. The molecule has 90 valence electrons. The number of thioether (sulfide) groups is 1. The molecule has 18 heavy (non-hydrogen) atoms. The van der Waals surface area contributed by atoms with Crippen molar-refractivity contribution in [2.45, 2.75) is 11.4 Å². The SMILES string of the molecule is NCc1cccc(SCC#Cc2ccccc2)c1. The summed E-state index contributed by atoms with van der Waals surface area (Å²) in [5.41, 5.74) is 7.84. The topological polar surface area (TPSA) is 26.0 Å². The van der Waals surface area contributed by atoms with Gasteiger partial charge >= 0.3 is 0 Å². The van der Waals surface area contributed by atoms with Crippen molar-refractivity contribution in [3.63, 3.8) is 0 Å². The fourth-order valence-electron chi connectivity index (χ4n) is 1.54. The van der Waals surface area contributed by atoms with Gasteiger partial charge in [-0.05, 0) is 29.8 Å². The van der Waals surface area contributed by atoms with E-state index < -0.39 is 0 Å². The van der Waals surface area contributed by atoms with E-state index in [1.54, 1.807) is 11.8 Å². The summed E-state index contributed by atoms with van der Waals surface area (Å²) in [6.45, 7) is 0.587. The van der Waals surface area contributed by atoms with Gasteiger partial charge in [-0.25, -0.2) is 0 Å². The van der Waals surface area contributed by atoms with Gasteiger partial charge in [0.1, 0.15) is 0 Å². The number of rotatable bonds is 3. The first-order chi connectivity index (χ1) is 8.88. The minimum Gasteiger partial charge on any atom is -0.326 e. The quantitative estimate of drug-likeness (QED) is 0.671. The first-order valence-corrected chi connectivity index (χ1v) is 6.83. The van der Waals surface area contributed by atoms with Gasteiger partial charge in [0.15, 0.2) is 0 Å². The van der Waals surface area contributed by atoms with E-state index in [4.69, 9.17) is 5.73 Å². The fourth-order valence-corrected chi connectivity index (χ4v) is 2.26. The maximum atomic E-state index is 5.61. The smallest absolute Gasteiger partial charge is 0.0598 e. The van der Waals surface area contributed by atoms with Crippen LogP contribution < -0.4 is 5.73 Å². The molecule has 0 spiro atoms. The van der Waals surface area contributed by atoms with Crippen LogP contribution in [0.2, 0.25) is 0 Å². The van der Waals surface area contributed by atoms with Gasteiger partial charge < -0.3 is 5.73 Å². The van der Waals surface area contributed by atoms with Crippen LogP contribution in [0, 0.1) is 11.8 Å². The van der Waals surface area contributed by atoms with Crippen molar-refractivity contribution in [3.05, 3.63) is 65.7 Å². The first-order valence-electron chi connectivity index (χ1n) is 5.84. The molecule has 2 N–H and O–H groups in total. The zero-order valence-electron chi connectivity index (χ0n) is 10.1. The van der Waals surface area contributed by atoms with Gasteiger partial charge in [0, 0.05) is 17.0 Å². The summed E-state index contributed by atoms with van der Waals surface area (Å²) in [7, 11) is 0. The zero-order valence-corrected chi connectivity index (χ0v) is 10.9. The Hall–Kier alpha value is -1.69. The van der Waals surface area contributed by atoms with Crippen molar-refractivity contribution in [2.75, 3.05) is 5.75 Å².